The second-order valence-corrected chi connectivity index (χ2v) is 7.68. The van der Waals surface area contributed by atoms with E-state index < -0.39 is 11.8 Å². The Kier molecular flexibility index (Phi) is 7.43. The summed E-state index contributed by atoms with van der Waals surface area (Å²) in [6.07, 6.45) is 0. The van der Waals surface area contributed by atoms with Crippen LogP contribution in [0.2, 0.25) is 0 Å². The topological polar surface area (TPSA) is 73.9 Å². The summed E-state index contributed by atoms with van der Waals surface area (Å²) >= 11 is 0. The van der Waals surface area contributed by atoms with Gasteiger partial charge in [-0.1, -0.05) is 24.3 Å². The first-order valence-electron chi connectivity index (χ1n) is 10.2. The van der Waals surface area contributed by atoms with Crippen molar-refractivity contribution in [2.24, 2.45) is 0 Å². The summed E-state index contributed by atoms with van der Waals surface area (Å²) in [4.78, 5) is 29.1. The van der Waals surface area contributed by atoms with Crippen molar-refractivity contribution in [3.05, 3.63) is 59.7 Å². The molecule has 2 aromatic rings. The van der Waals surface area contributed by atoms with E-state index in [1.807, 2.05) is 44.1 Å². The van der Waals surface area contributed by atoms with Crippen LogP contribution in [0.25, 0.3) is 0 Å². The molecule has 1 heterocycles. The van der Waals surface area contributed by atoms with Crippen LogP contribution in [0, 0.1) is 6.92 Å². The van der Waals surface area contributed by atoms with Gasteiger partial charge in [0, 0.05) is 45.1 Å². The van der Waals surface area contributed by atoms with Crippen LogP contribution in [-0.4, -0.2) is 63.7 Å². The summed E-state index contributed by atoms with van der Waals surface area (Å²) in [5.74, 6) is -1.30. The van der Waals surface area contributed by atoms with Crippen molar-refractivity contribution in [2.45, 2.75) is 13.0 Å². The van der Waals surface area contributed by atoms with Crippen molar-refractivity contribution in [1.82, 2.24) is 10.2 Å². The zero-order valence-corrected chi connectivity index (χ0v) is 17.9. The number of ether oxygens (including phenoxy) is 1. The highest BCUT2D eigenvalue weighted by Crippen LogP contribution is 2.23. The molecule has 0 aromatic heterocycles. The van der Waals surface area contributed by atoms with Crippen molar-refractivity contribution >= 4 is 23.2 Å². The van der Waals surface area contributed by atoms with Gasteiger partial charge in [-0.2, -0.15) is 0 Å². The van der Waals surface area contributed by atoms with E-state index in [-0.39, 0.29) is 6.04 Å². The zero-order valence-electron chi connectivity index (χ0n) is 17.9. The van der Waals surface area contributed by atoms with Gasteiger partial charge < -0.3 is 20.3 Å². The Balaban J connectivity index is 1.66. The van der Waals surface area contributed by atoms with Gasteiger partial charge in [0.05, 0.1) is 19.3 Å². The molecule has 7 heteroatoms. The first kappa shape index (κ1) is 21.8. The summed E-state index contributed by atoms with van der Waals surface area (Å²) in [5.41, 5.74) is 3.84. The van der Waals surface area contributed by atoms with Gasteiger partial charge in [0.1, 0.15) is 0 Å². The normalized spacial score (nSPS) is 15.3. The SMILES string of the molecule is Cc1cccc(NC(=O)C(=O)NC[C@@H](c2ccc(N(C)C)cc2)N2CCOCC2)c1. The van der Waals surface area contributed by atoms with Crippen molar-refractivity contribution in [3.63, 3.8) is 0 Å². The van der Waals surface area contributed by atoms with Gasteiger partial charge in [-0.15, -0.1) is 0 Å². The molecule has 1 aliphatic rings. The minimum atomic E-state index is -0.663. The maximum Gasteiger partial charge on any atom is 0.313 e. The number of nitrogens with one attached hydrogen (secondary N) is 2. The molecule has 1 atom stereocenters. The maximum atomic E-state index is 12.4. The molecule has 2 aromatic carbocycles. The van der Waals surface area contributed by atoms with E-state index in [0.29, 0.717) is 25.4 Å². The number of aryl methyl sites for hydroxylation is 1. The van der Waals surface area contributed by atoms with E-state index in [2.05, 4.69) is 39.8 Å². The number of hydrogen-bond acceptors (Lipinski definition) is 5. The van der Waals surface area contributed by atoms with E-state index in [1.54, 1.807) is 6.07 Å². The third kappa shape index (κ3) is 5.81. The molecule has 2 N–H and O–H groups in total. The lowest BCUT2D eigenvalue weighted by molar-refractivity contribution is -0.136. The Morgan fingerprint density at radius 2 is 1.77 bits per heavy atom. The van der Waals surface area contributed by atoms with Crippen molar-refractivity contribution in [1.29, 1.82) is 0 Å². The smallest absolute Gasteiger partial charge is 0.313 e. The zero-order chi connectivity index (χ0) is 21.5. The Bertz CT molecular complexity index is 861. The highest BCUT2D eigenvalue weighted by atomic mass is 16.5. The van der Waals surface area contributed by atoms with E-state index in [9.17, 15) is 9.59 Å². The van der Waals surface area contributed by atoms with Gasteiger partial charge in [-0.25, -0.2) is 0 Å². The number of morpholine rings is 1. The molecular formula is C23H30N4O3. The first-order valence-corrected chi connectivity index (χ1v) is 10.2. The fourth-order valence-corrected chi connectivity index (χ4v) is 3.52. The second-order valence-electron chi connectivity index (χ2n) is 7.68. The number of anilines is 2. The Morgan fingerprint density at radius 1 is 1.07 bits per heavy atom. The third-order valence-electron chi connectivity index (χ3n) is 5.22. The third-order valence-corrected chi connectivity index (χ3v) is 5.22. The molecule has 1 fully saturated rings. The van der Waals surface area contributed by atoms with Crippen LogP contribution in [0.5, 0.6) is 0 Å². The molecule has 30 heavy (non-hydrogen) atoms. The van der Waals surface area contributed by atoms with E-state index in [4.69, 9.17) is 4.74 Å². The molecule has 3 rings (SSSR count). The molecule has 0 unspecified atom stereocenters. The van der Waals surface area contributed by atoms with Gasteiger partial charge in [-0.05, 0) is 42.3 Å². The quantitative estimate of drug-likeness (QED) is 0.714. The predicted molar refractivity (Wildman–Crippen MR) is 119 cm³/mol. The number of rotatable bonds is 6. The molecule has 0 spiro atoms. The molecular weight excluding hydrogens is 380 g/mol. The van der Waals surface area contributed by atoms with Crippen LogP contribution in [0.3, 0.4) is 0 Å². The maximum absolute atomic E-state index is 12.4. The van der Waals surface area contributed by atoms with Gasteiger partial charge in [0.2, 0.25) is 0 Å². The molecule has 0 bridgehead atoms. The van der Waals surface area contributed by atoms with Gasteiger partial charge in [0.15, 0.2) is 0 Å². The summed E-state index contributed by atoms with van der Waals surface area (Å²) in [7, 11) is 4.00. The Morgan fingerprint density at radius 3 is 2.40 bits per heavy atom. The number of benzene rings is 2. The Hall–Kier alpha value is -2.90. The van der Waals surface area contributed by atoms with Gasteiger partial charge in [-0.3, -0.25) is 14.5 Å². The number of hydrogen-bond donors (Lipinski definition) is 2. The lowest BCUT2D eigenvalue weighted by Gasteiger charge is -2.35. The number of amides is 2. The van der Waals surface area contributed by atoms with Crippen LogP contribution in [-0.2, 0) is 14.3 Å². The average molecular weight is 411 g/mol. The lowest BCUT2D eigenvalue weighted by Crippen LogP contribution is -2.45. The van der Waals surface area contributed by atoms with Crippen molar-refractivity contribution in [2.75, 3.05) is 57.2 Å². The standard InChI is InChI=1S/C23H30N4O3/c1-17-5-4-6-19(15-17)25-23(29)22(28)24-16-21(27-11-13-30-14-12-27)18-7-9-20(10-8-18)26(2)3/h4-10,15,21H,11-14,16H2,1-3H3,(H,24,28)(H,25,29)/t21-/m0/s1. The number of carbonyl (C=O) groups is 2. The largest absolute Gasteiger partial charge is 0.379 e. The minimum Gasteiger partial charge on any atom is -0.379 e. The first-order chi connectivity index (χ1) is 14.4. The molecule has 160 valence electrons. The second kappa shape index (κ2) is 10.2. The minimum absolute atomic E-state index is 0.0270. The van der Waals surface area contributed by atoms with Crippen molar-refractivity contribution in [3.8, 4) is 0 Å². The lowest BCUT2D eigenvalue weighted by atomic mass is 10.0. The molecule has 0 saturated carbocycles. The van der Waals surface area contributed by atoms with E-state index in [1.165, 1.54) is 0 Å². The Labute approximate surface area is 178 Å². The fourth-order valence-electron chi connectivity index (χ4n) is 3.52. The van der Waals surface area contributed by atoms with Gasteiger partial charge >= 0.3 is 11.8 Å². The molecule has 1 saturated heterocycles. The summed E-state index contributed by atoms with van der Waals surface area (Å²) in [6, 6.07) is 15.6. The molecule has 0 aliphatic carbocycles. The van der Waals surface area contributed by atoms with Gasteiger partial charge in [0.25, 0.3) is 0 Å². The summed E-state index contributed by atoms with van der Waals surface area (Å²) in [5, 5.41) is 5.46. The fraction of sp³-hybridized carbons (Fsp3) is 0.391. The summed E-state index contributed by atoms with van der Waals surface area (Å²) < 4.78 is 5.48. The number of nitrogens with zero attached hydrogens (tertiary/aromatic N) is 2. The number of carbonyl (C=O) groups excluding carboxylic acids is 2. The molecule has 2 amide bonds. The van der Waals surface area contributed by atoms with Crippen LogP contribution in [0.1, 0.15) is 17.2 Å². The predicted octanol–water partition coefficient (Wildman–Crippen LogP) is 2.19. The molecule has 0 radical (unpaired) electrons. The van der Waals surface area contributed by atoms with Crippen LogP contribution >= 0.6 is 0 Å². The van der Waals surface area contributed by atoms with Crippen LogP contribution < -0.4 is 15.5 Å². The average Bonchev–Trinajstić information content (AvgIpc) is 2.75. The highest BCUT2D eigenvalue weighted by molar-refractivity contribution is 6.39. The van der Waals surface area contributed by atoms with Crippen molar-refractivity contribution < 1.29 is 14.3 Å². The molecule has 1 aliphatic heterocycles. The van der Waals surface area contributed by atoms with E-state index >= 15 is 0 Å². The van der Waals surface area contributed by atoms with Crippen LogP contribution in [0.15, 0.2) is 48.5 Å². The monoisotopic (exact) mass is 410 g/mol. The van der Waals surface area contributed by atoms with E-state index in [0.717, 1.165) is 29.9 Å². The summed E-state index contributed by atoms with van der Waals surface area (Å²) in [6.45, 7) is 5.17. The molecule has 7 nitrogen and oxygen atoms in total. The highest BCUT2D eigenvalue weighted by Gasteiger charge is 2.24. The van der Waals surface area contributed by atoms with Crippen LogP contribution in [0.4, 0.5) is 11.4 Å².